The number of aromatic nitrogens is 1. The summed E-state index contributed by atoms with van der Waals surface area (Å²) in [4.78, 5) is 16.0. The molecule has 116 valence electrons. The van der Waals surface area contributed by atoms with Crippen LogP contribution in [0.3, 0.4) is 0 Å². The number of methoxy groups -OCH3 is 1. The standard InChI is InChI=1S/C19H18N2O2/c1-23-19(22)17(20)12-13-6-2-3-7-14(13)15-10-11-21-18-9-5-4-8-16(15)18/h2-11,17H,12,20H2,1H3. The maximum absolute atomic E-state index is 11.6. The lowest BCUT2D eigenvalue weighted by Gasteiger charge is -2.14. The molecular formula is C19H18N2O2. The van der Waals surface area contributed by atoms with Crippen LogP contribution >= 0.6 is 0 Å². The second-order valence-corrected chi connectivity index (χ2v) is 5.37. The van der Waals surface area contributed by atoms with Crippen molar-refractivity contribution in [2.75, 3.05) is 7.11 Å². The van der Waals surface area contributed by atoms with Crippen LogP contribution in [0.4, 0.5) is 0 Å². The number of hydrogen-bond acceptors (Lipinski definition) is 4. The summed E-state index contributed by atoms with van der Waals surface area (Å²) >= 11 is 0. The van der Waals surface area contributed by atoms with Crippen LogP contribution < -0.4 is 5.73 Å². The molecule has 3 rings (SSSR count). The zero-order valence-electron chi connectivity index (χ0n) is 12.9. The molecule has 2 aromatic carbocycles. The number of esters is 1. The molecule has 1 atom stereocenters. The molecule has 4 heteroatoms. The third-order valence-corrected chi connectivity index (χ3v) is 3.90. The van der Waals surface area contributed by atoms with Crippen molar-refractivity contribution in [3.8, 4) is 11.1 Å². The number of para-hydroxylation sites is 1. The van der Waals surface area contributed by atoms with Crippen LogP contribution in [-0.2, 0) is 16.0 Å². The Morgan fingerprint density at radius 1 is 1.09 bits per heavy atom. The first-order valence-corrected chi connectivity index (χ1v) is 7.46. The van der Waals surface area contributed by atoms with Gasteiger partial charge in [0.1, 0.15) is 6.04 Å². The lowest BCUT2D eigenvalue weighted by molar-refractivity contribution is -0.142. The molecule has 0 aliphatic rings. The molecule has 1 aromatic heterocycles. The highest BCUT2D eigenvalue weighted by molar-refractivity contribution is 5.95. The van der Waals surface area contributed by atoms with Crippen molar-refractivity contribution in [3.05, 3.63) is 66.4 Å². The topological polar surface area (TPSA) is 65.2 Å². The molecule has 0 saturated carbocycles. The van der Waals surface area contributed by atoms with Gasteiger partial charge in [0.05, 0.1) is 12.6 Å². The zero-order valence-corrected chi connectivity index (χ0v) is 12.9. The first-order valence-electron chi connectivity index (χ1n) is 7.46. The second kappa shape index (κ2) is 6.58. The number of carbonyl (C=O) groups is 1. The number of fused-ring (bicyclic) bond motifs is 1. The molecule has 4 nitrogen and oxygen atoms in total. The van der Waals surface area contributed by atoms with Gasteiger partial charge in [-0.2, -0.15) is 0 Å². The fourth-order valence-electron chi connectivity index (χ4n) is 2.76. The predicted molar refractivity (Wildman–Crippen MR) is 90.9 cm³/mol. The van der Waals surface area contributed by atoms with E-state index in [1.807, 2.05) is 48.5 Å². The van der Waals surface area contributed by atoms with E-state index >= 15 is 0 Å². The first-order chi connectivity index (χ1) is 11.2. The van der Waals surface area contributed by atoms with Gasteiger partial charge in [0.2, 0.25) is 0 Å². The minimum Gasteiger partial charge on any atom is -0.468 e. The average molecular weight is 306 g/mol. The molecule has 0 amide bonds. The summed E-state index contributed by atoms with van der Waals surface area (Å²) in [7, 11) is 1.35. The quantitative estimate of drug-likeness (QED) is 0.753. The van der Waals surface area contributed by atoms with E-state index in [0.717, 1.165) is 27.6 Å². The molecule has 0 fully saturated rings. The number of ether oxygens (including phenoxy) is 1. The van der Waals surface area contributed by atoms with Crippen molar-refractivity contribution in [1.29, 1.82) is 0 Å². The summed E-state index contributed by atoms with van der Waals surface area (Å²) in [6.45, 7) is 0. The third kappa shape index (κ3) is 3.07. The molecule has 0 aliphatic heterocycles. The minimum absolute atomic E-state index is 0.403. The smallest absolute Gasteiger partial charge is 0.322 e. The Labute approximate surface area is 134 Å². The number of nitrogens with zero attached hydrogens (tertiary/aromatic N) is 1. The Bertz CT molecular complexity index is 840. The fourth-order valence-corrected chi connectivity index (χ4v) is 2.76. The number of rotatable bonds is 4. The molecule has 0 aliphatic carbocycles. The van der Waals surface area contributed by atoms with Crippen LogP contribution in [0.5, 0.6) is 0 Å². The molecule has 2 N–H and O–H groups in total. The van der Waals surface area contributed by atoms with Gasteiger partial charge < -0.3 is 10.5 Å². The predicted octanol–water partition coefficient (Wildman–Crippen LogP) is 2.94. The highest BCUT2D eigenvalue weighted by atomic mass is 16.5. The maximum Gasteiger partial charge on any atom is 0.322 e. The van der Waals surface area contributed by atoms with Gasteiger partial charge in [-0.15, -0.1) is 0 Å². The van der Waals surface area contributed by atoms with Gasteiger partial charge >= 0.3 is 5.97 Å². The van der Waals surface area contributed by atoms with Crippen LogP contribution in [0, 0.1) is 0 Å². The third-order valence-electron chi connectivity index (χ3n) is 3.90. The SMILES string of the molecule is COC(=O)C(N)Cc1ccccc1-c1ccnc2ccccc12. The van der Waals surface area contributed by atoms with Gasteiger partial charge in [-0.25, -0.2) is 0 Å². The number of nitrogens with two attached hydrogens (primary N) is 1. The summed E-state index contributed by atoms with van der Waals surface area (Å²) in [6, 6.07) is 17.3. The summed E-state index contributed by atoms with van der Waals surface area (Å²) < 4.78 is 4.73. The van der Waals surface area contributed by atoms with Crippen molar-refractivity contribution < 1.29 is 9.53 Å². The zero-order chi connectivity index (χ0) is 16.2. The van der Waals surface area contributed by atoms with Crippen LogP contribution in [0.2, 0.25) is 0 Å². The van der Waals surface area contributed by atoms with E-state index < -0.39 is 12.0 Å². The number of benzene rings is 2. The Kier molecular flexibility index (Phi) is 4.35. The summed E-state index contributed by atoms with van der Waals surface area (Å²) in [5.74, 6) is -0.403. The fraction of sp³-hybridized carbons (Fsp3) is 0.158. The molecule has 0 spiro atoms. The van der Waals surface area contributed by atoms with E-state index in [1.165, 1.54) is 7.11 Å². The van der Waals surface area contributed by atoms with Gasteiger partial charge in [0.25, 0.3) is 0 Å². The summed E-state index contributed by atoms with van der Waals surface area (Å²) in [5, 5.41) is 1.08. The summed E-state index contributed by atoms with van der Waals surface area (Å²) in [5.41, 5.74) is 10.0. The van der Waals surface area contributed by atoms with Crippen molar-refractivity contribution in [2.45, 2.75) is 12.5 Å². The molecule has 3 aromatic rings. The van der Waals surface area contributed by atoms with Gasteiger partial charge in [0.15, 0.2) is 0 Å². The Morgan fingerprint density at radius 3 is 2.65 bits per heavy atom. The van der Waals surface area contributed by atoms with Crippen molar-refractivity contribution in [3.63, 3.8) is 0 Å². The summed E-state index contributed by atoms with van der Waals surface area (Å²) in [6.07, 6.45) is 2.23. The van der Waals surface area contributed by atoms with Gasteiger partial charge in [-0.1, -0.05) is 42.5 Å². The minimum atomic E-state index is -0.672. The molecule has 0 bridgehead atoms. The first kappa shape index (κ1) is 15.2. The molecule has 23 heavy (non-hydrogen) atoms. The highest BCUT2D eigenvalue weighted by Crippen LogP contribution is 2.30. The molecule has 1 unspecified atom stereocenters. The van der Waals surface area contributed by atoms with Gasteiger partial charge in [0, 0.05) is 11.6 Å². The van der Waals surface area contributed by atoms with E-state index in [9.17, 15) is 4.79 Å². The normalized spacial score (nSPS) is 12.1. The van der Waals surface area contributed by atoms with Crippen molar-refractivity contribution in [1.82, 2.24) is 4.98 Å². The lowest BCUT2D eigenvalue weighted by Crippen LogP contribution is -2.33. The van der Waals surface area contributed by atoms with Crippen LogP contribution in [0.25, 0.3) is 22.0 Å². The molecule has 0 radical (unpaired) electrons. The van der Waals surface area contributed by atoms with Crippen LogP contribution in [0.15, 0.2) is 60.8 Å². The van der Waals surface area contributed by atoms with Gasteiger partial charge in [-0.3, -0.25) is 9.78 Å². The number of pyridine rings is 1. The van der Waals surface area contributed by atoms with E-state index in [-0.39, 0.29) is 0 Å². The average Bonchev–Trinajstić information content (AvgIpc) is 2.61. The Hall–Kier alpha value is -2.72. The number of carbonyl (C=O) groups excluding carboxylic acids is 1. The monoisotopic (exact) mass is 306 g/mol. The molecule has 1 heterocycles. The molecular weight excluding hydrogens is 288 g/mol. The van der Waals surface area contributed by atoms with Crippen LogP contribution in [0.1, 0.15) is 5.56 Å². The second-order valence-electron chi connectivity index (χ2n) is 5.37. The van der Waals surface area contributed by atoms with Crippen LogP contribution in [-0.4, -0.2) is 24.1 Å². The van der Waals surface area contributed by atoms with E-state index in [2.05, 4.69) is 11.1 Å². The molecule has 0 saturated heterocycles. The van der Waals surface area contributed by atoms with Crippen molar-refractivity contribution in [2.24, 2.45) is 5.73 Å². The van der Waals surface area contributed by atoms with Gasteiger partial charge in [-0.05, 0) is 35.2 Å². The Morgan fingerprint density at radius 2 is 1.83 bits per heavy atom. The Balaban J connectivity index is 2.08. The largest absolute Gasteiger partial charge is 0.468 e. The lowest BCUT2D eigenvalue weighted by atomic mass is 9.93. The highest BCUT2D eigenvalue weighted by Gasteiger charge is 2.17. The van der Waals surface area contributed by atoms with E-state index in [0.29, 0.717) is 6.42 Å². The van der Waals surface area contributed by atoms with E-state index in [4.69, 9.17) is 10.5 Å². The van der Waals surface area contributed by atoms with E-state index in [1.54, 1.807) is 6.20 Å². The van der Waals surface area contributed by atoms with Crippen molar-refractivity contribution >= 4 is 16.9 Å². The number of hydrogen-bond donors (Lipinski definition) is 1. The maximum atomic E-state index is 11.6.